The summed E-state index contributed by atoms with van der Waals surface area (Å²) in [6.45, 7) is 0. The molecule has 8 nitrogen and oxygen atoms in total. The van der Waals surface area contributed by atoms with E-state index < -0.39 is 0 Å². The second-order valence-electron chi connectivity index (χ2n) is 20.9. The Kier molecular flexibility index (Phi) is 10.1. The Hall–Kier alpha value is -11.2. The monoisotopic (exact) mass is 1050 g/mol. The molecule has 0 bridgehead atoms. The van der Waals surface area contributed by atoms with Gasteiger partial charge in [0.05, 0.1) is 83.8 Å². The molecule has 382 valence electrons. The number of fused-ring (bicyclic) bond motifs is 12. The van der Waals surface area contributed by atoms with Crippen molar-refractivity contribution in [2.75, 3.05) is 0 Å². The van der Waals surface area contributed by atoms with Crippen LogP contribution in [-0.2, 0) is 0 Å². The Morgan fingerprint density at radius 2 is 0.622 bits per heavy atom. The lowest BCUT2D eigenvalue weighted by molar-refractivity contribution is 1.04. The lowest BCUT2D eigenvalue weighted by Crippen LogP contribution is -2.13. The third-order valence-corrected chi connectivity index (χ3v) is 16.4. The molecular weight excluding hydrogens is 1000 g/mol. The lowest BCUT2D eigenvalue weighted by atomic mass is 9.98. The van der Waals surface area contributed by atoms with E-state index in [9.17, 15) is 0 Å². The van der Waals surface area contributed by atoms with Crippen LogP contribution in [0.15, 0.2) is 279 Å². The molecule has 0 aliphatic carbocycles. The maximum atomic E-state index is 5.85. The Labute approximate surface area is 470 Å². The highest BCUT2D eigenvalue weighted by atomic mass is 15.1. The molecule has 0 aliphatic heterocycles. The summed E-state index contributed by atoms with van der Waals surface area (Å²) in [5.41, 5.74) is 17.3. The minimum atomic E-state index is 0.548. The first-order valence-corrected chi connectivity index (χ1v) is 27.7. The molecule has 0 spiro atoms. The normalized spacial score (nSPS) is 11.9. The van der Waals surface area contributed by atoms with Crippen molar-refractivity contribution in [3.8, 4) is 68.2 Å². The maximum absolute atomic E-state index is 5.85. The lowest BCUT2D eigenvalue weighted by Gasteiger charge is -2.27. The van der Waals surface area contributed by atoms with E-state index in [4.69, 9.17) is 19.9 Å². The fourth-order valence-corrected chi connectivity index (χ4v) is 13.0. The van der Waals surface area contributed by atoms with Gasteiger partial charge in [0.1, 0.15) is 0 Å². The van der Waals surface area contributed by atoms with Gasteiger partial charge < -0.3 is 18.3 Å². The second-order valence-corrected chi connectivity index (χ2v) is 20.9. The van der Waals surface area contributed by atoms with Crippen molar-refractivity contribution in [1.29, 1.82) is 0 Å². The Morgan fingerprint density at radius 3 is 1.11 bits per heavy atom. The van der Waals surface area contributed by atoms with Crippen molar-refractivity contribution in [3.05, 3.63) is 279 Å². The highest BCUT2D eigenvalue weighted by Gasteiger charge is 2.35. The minimum absolute atomic E-state index is 0.548. The number of aromatic nitrogens is 8. The molecule has 82 heavy (non-hydrogen) atoms. The summed E-state index contributed by atoms with van der Waals surface area (Å²) in [4.78, 5) is 21.9. The van der Waals surface area contributed by atoms with E-state index in [1.807, 2.05) is 48.7 Å². The molecular formula is C74H46N8. The maximum Gasteiger partial charge on any atom is 0.162 e. The van der Waals surface area contributed by atoms with Crippen LogP contribution < -0.4 is 0 Å². The fraction of sp³-hybridized carbons (Fsp3) is 0. The number of para-hydroxylation sites is 8. The van der Waals surface area contributed by atoms with Crippen molar-refractivity contribution in [3.63, 3.8) is 0 Å². The summed E-state index contributed by atoms with van der Waals surface area (Å²) in [6.07, 6.45) is 1.91. The molecule has 0 atom stereocenters. The van der Waals surface area contributed by atoms with Gasteiger partial charge in [-0.2, -0.15) is 0 Å². The van der Waals surface area contributed by atoms with Gasteiger partial charge in [-0.25, -0.2) is 19.9 Å². The van der Waals surface area contributed by atoms with Crippen LogP contribution in [0, 0.1) is 0 Å². The molecule has 0 fully saturated rings. The number of hydrogen-bond acceptors (Lipinski definition) is 4. The van der Waals surface area contributed by atoms with E-state index in [0.717, 1.165) is 132 Å². The zero-order chi connectivity index (χ0) is 53.8. The summed E-state index contributed by atoms with van der Waals surface area (Å²) in [5, 5.41) is 8.96. The van der Waals surface area contributed by atoms with E-state index in [0.29, 0.717) is 23.0 Å². The molecule has 6 heterocycles. The van der Waals surface area contributed by atoms with Crippen LogP contribution >= 0.6 is 0 Å². The third-order valence-electron chi connectivity index (χ3n) is 16.4. The van der Waals surface area contributed by atoms with Crippen LogP contribution in [0.5, 0.6) is 0 Å². The zero-order valence-electron chi connectivity index (χ0n) is 44.1. The van der Waals surface area contributed by atoms with E-state index in [2.05, 4.69) is 249 Å². The number of rotatable bonds is 8. The molecule has 0 saturated heterocycles. The van der Waals surface area contributed by atoms with Crippen LogP contribution in [0.1, 0.15) is 0 Å². The van der Waals surface area contributed by atoms with Crippen LogP contribution in [-0.4, -0.2) is 38.2 Å². The predicted molar refractivity (Wildman–Crippen MR) is 337 cm³/mol. The van der Waals surface area contributed by atoms with Gasteiger partial charge in [0.15, 0.2) is 11.6 Å². The van der Waals surface area contributed by atoms with Crippen LogP contribution in [0.25, 0.3) is 155 Å². The van der Waals surface area contributed by atoms with Gasteiger partial charge in [-0.05, 0) is 66.7 Å². The van der Waals surface area contributed by atoms with Crippen LogP contribution in [0.4, 0.5) is 0 Å². The van der Waals surface area contributed by atoms with Crippen molar-refractivity contribution in [2.45, 2.75) is 0 Å². The number of hydrogen-bond donors (Lipinski definition) is 0. The molecule has 17 rings (SSSR count). The molecule has 6 aromatic heterocycles. The van der Waals surface area contributed by atoms with Crippen molar-refractivity contribution >= 4 is 87.2 Å². The average molecular weight is 1050 g/mol. The summed E-state index contributed by atoms with van der Waals surface area (Å²) < 4.78 is 10.1. The van der Waals surface area contributed by atoms with Gasteiger partial charge in [-0.3, -0.25) is 0 Å². The summed E-state index contributed by atoms with van der Waals surface area (Å²) in [6, 6.07) is 97.4. The van der Waals surface area contributed by atoms with Gasteiger partial charge in [0.2, 0.25) is 0 Å². The largest absolute Gasteiger partial charge is 0.307 e. The van der Waals surface area contributed by atoms with E-state index >= 15 is 0 Å². The SMILES string of the molecule is c1ccc(-c2cc(-c3ccnc(-c4c(-n5c6ccccc6c6ccccc65)c(-n5c6ccccc6c6ccccc65)c(-n5c6ccccc6c6ccccc65)c5c4c4ccccc4n5-c4ccccc4)n3)nc(-c3ccccc3)n2)cc1. The molecule has 0 N–H and O–H groups in total. The molecule has 17 aromatic rings. The van der Waals surface area contributed by atoms with Gasteiger partial charge in [0.25, 0.3) is 0 Å². The topological polar surface area (TPSA) is 71.3 Å². The fourth-order valence-electron chi connectivity index (χ4n) is 13.0. The first kappa shape index (κ1) is 45.8. The zero-order valence-corrected chi connectivity index (χ0v) is 44.1. The van der Waals surface area contributed by atoms with Crippen molar-refractivity contribution in [1.82, 2.24) is 38.2 Å². The molecule has 0 radical (unpaired) electrons. The first-order chi connectivity index (χ1) is 40.7. The number of nitrogens with zero attached hydrogens (tertiary/aromatic N) is 8. The highest BCUT2D eigenvalue weighted by Crippen LogP contribution is 2.53. The summed E-state index contributed by atoms with van der Waals surface area (Å²) in [7, 11) is 0. The van der Waals surface area contributed by atoms with Crippen molar-refractivity contribution < 1.29 is 0 Å². The first-order valence-electron chi connectivity index (χ1n) is 27.7. The minimum Gasteiger partial charge on any atom is -0.307 e. The van der Waals surface area contributed by atoms with Crippen molar-refractivity contribution in [2.24, 2.45) is 0 Å². The smallest absolute Gasteiger partial charge is 0.162 e. The molecule has 0 unspecified atom stereocenters. The predicted octanol–water partition coefficient (Wildman–Crippen LogP) is 18.3. The Morgan fingerprint density at radius 1 is 0.256 bits per heavy atom. The number of benzene rings is 11. The molecule has 0 aliphatic rings. The highest BCUT2D eigenvalue weighted by molar-refractivity contribution is 6.25. The van der Waals surface area contributed by atoms with Crippen LogP contribution in [0.3, 0.4) is 0 Å². The van der Waals surface area contributed by atoms with E-state index in [1.54, 1.807) is 0 Å². The quantitative estimate of drug-likeness (QED) is 0.152. The second kappa shape index (κ2) is 18.2. The van der Waals surface area contributed by atoms with Gasteiger partial charge in [-0.15, -0.1) is 0 Å². The average Bonchev–Trinajstić information content (AvgIpc) is 1.77. The van der Waals surface area contributed by atoms with E-state index in [-0.39, 0.29) is 0 Å². The summed E-state index contributed by atoms with van der Waals surface area (Å²) >= 11 is 0. The molecule has 0 saturated carbocycles. The molecule has 11 aromatic carbocycles. The van der Waals surface area contributed by atoms with Gasteiger partial charge in [-0.1, -0.05) is 206 Å². The van der Waals surface area contributed by atoms with Gasteiger partial charge >= 0.3 is 0 Å². The summed E-state index contributed by atoms with van der Waals surface area (Å²) in [5.74, 6) is 1.16. The Bertz CT molecular complexity index is 5180. The van der Waals surface area contributed by atoms with E-state index in [1.165, 1.54) is 0 Å². The Balaban J connectivity index is 1.15. The van der Waals surface area contributed by atoms with Gasteiger partial charge in [0, 0.05) is 66.1 Å². The standard InChI is InChI=1S/C74H46N8/c1-4-24-47(25-5-1)58-46-59(78-73(77-58)48-26-6-2-7-27-48)57-44-45-75-74(76-57)68-67-56-36-16-23-43-66(56)79(49-28-8-3-9-29-49)69(67)71(81-62-39-19-12-32-52(62)53-33-13-20-40-63(53)81)72(82-64-41-21-14-34-54(64)55-35-15-22-42-65(55)82)70(68)80-60-37-17-10-30-50(60)51-31-11-18-38-61(51)80/h1-46H. The molecule has 8 heteroatoms. The van der Waals surface area contributed by atoms with Crippen LogP contribution in [0.2, 0.25) is 0 Å². The molecule has 0 amide bonds. The third kappa shape index (κ3) is 6.79.